The van der Waals surface area contributed by atoms with Crippen molar-refractivity contribution in [3.63, 3.8) is 0 Å². The molecule has 1 fully saturated rings. The first-order valence-corrected chi connectivity index (χ1v) is 4.45. The van der Waals surface area contributed by atoms with Crippen molar-refractivity contribution in [2.75, 3.05) is 6.54 Å². The van der Waals surface area contributed by atoms with Crippen LogP contribution in [0, 0.1) is 5.82 Å². The summed E-state index contributed by atoms with van der Waals surface area (Å²) >= 11 is 0. The molecule has 1 aliphatic rings. The molecular formula is C10H13FN+. The molecule has 1 heterocycles. The van der Waals surface area contributed by atoms with Gasteiger partial charge in [-0.3, -0.25) is 0 Å². The molecule has 0 amide bonds. The molecule has 2 N–H and O–H groups in total. The van der Waals surface area contributed by atoms with Crippen LogP contribution < -0.4 is 5.32 Å². The SMILES string of the molecule is Fc1ccccc1[C@@H]1CCC[NH2+]1. The topological polar surface area (TPSA) is 16.6 Å². The Hall–Kier alpha value is -0.890. The lowest BCUT2D eigenvalue weighted by atomic mass is 10.1. The van der Waals surface area contributed by atoms with E-state index in [9.17, 15) is 4.39 Å². The van der Waals surface area contributed by atoms with Gasteiger partial charge in [-0.05, 0) is 6.07 Å². The van der Waals surface area contributed by atoms with E-state index < -0.39 is 0 Å². The van der Waals surface area contributed by atoms with Gasteiger partial charge in [-0.1, -0.05) is 18.2 Å². The molecule has 2 rings (SSSR count). The minimum Gasteiger partial charge on any atom is -0.340 e. The van der Waals surface area contributed by atoms with E-state index in [-0.39, 0.29) is 5.82 Å². The molecule has 0 radical (unpaired) electrons. The fourth-order valence-electron chi connectivity index (χ4n) is 1.83. The highest BCUT2D eigenvalue weighted by molar-refractivity contribution is 5.19. The maximum atomic E-state index is 13.2. The van der Waals surface area contributed by atoms with E-state index in [4.69, 9.17) is 0 Å². The first-order chi connectivity index (χ1) is 5.88. The minimum atomic E-state index is -0.0550. The van der Waals surface area contributed by atoms with Gasteiger partial charge in [0.25, 0.3) is 0 Å². The molecule has 12 heavy (non-hydrogen) atoms. The van der Waals surface area contributed by atoms with Crippen molar-refractivity contribution in [2.24, 2.45) is 0 Å². The molecule has 0 spiro atoms. The number of quaternary nitrogens is 1. The summed E-state index contributed by atoms with van der Waals surface area (Å²) in [5, 5.41) is 2.22. The van der Waals surface area contributed by atoms with E-state index >= 15 is 0 Å². The third-order valence-electron chi connectivity index (χ3n) is 2.48. The maximum absolute atomic E-state index is 13.2. The van der Waals surface area contributed by atoms with Crippen LogP contribution in [0.25, 0.3) is 0 Å². The van der Waals surface area contributed by atoms with Crippen molar-refractivity contribution >= 4 is 0 Å². The van der Waals surface area contributed by atoms with Crippen LogP contribution in [0.2, 0.25) is 0 Å². The predicted molar refractivity (Wildman–Crippen MR) is 45.2 cm³/mol. The van der Waals surface area contributed by atoms with Gasteiger partial charge in [0, 0.05) is 18.4 Å². The van der Waals surface area contributed by atoms with E-state index in [0.29, 0.717) is 6.04 Å². The Morgan fingerprint density at radius 1 is 1.33 bits per heavy atom. The number of nitrogens with two attached hydrogens (primary N) is 1. The summed E-state index contributed by atoms with van der Waals surface area (Å²) in [7, 11) is 0. The van der Waals surface area contributed by atoms with Crippen LogP contribution >= 0.6 is 0 Å². The van der Waals surface area contributed by atoms with E-state index in [0.717, 1.165) is 18.5 Å². The van der Waals surface area contributed by atoms with Gasteiger partial charge >= 0.3 is 0 Å². The Balaban J connectivity index is 2.26. The van der Waals surface area contributed by atoms with Crippen LogP contribution in [0.3, 0.4) is 0 Å². The normalized spacial score (nSPS) is 22.9. The standard InChI is InChI=1S/C10H12FN/c11-9-5-2-1-4-8(9)10-6-3-7-12-10/h1-2,4-5,10,12H,3,6-7H2/p+1/t10-/m0/s1. The zero-order valence-corrected chi connectivity index (χ0v) is 6.96. The second-order valence-electron chi connectivity index (χ2n) is 3.29. The fourth-order valence-corrected chi connectivity index (χ4v) is 1.83. The molecule has 2 heteroatoms. The molecule has 1 nitrogen and oxygen atoms in total. The molecule has 0 aliphatic carbocycles. The Labute approximate surface area is 71.6 Å². The van der Waals surface area contributed by atoms with E-state index in [1.54, 1.807) is 12.1 Å². The monoisotopic (exact) mass is 166 g/mol. The van der Waals surface area contributed by atoms with Gasteiger partial charge in [-0.15, -0.1) is 0 Å². The van der Waals surface area contributed by atoms with Crippen LogP contribution in [-0.4, -0.2) is 6.54 Å². The zero-order valence-electron chi connectivity index (χ0n) is 6.96. The smallest absolute Gasteiger partial charge is 0.132 e. The molecule has 1 saturated heterocycles. The average Bonchev–Trinajstić information content (AvgIpc) is 2.57. The Kier molecular flexibility index (Phi) is 2.09. The molecule has 64 valence electrons. The summed E-state index contributed by atoms with van der Waals surface area (Å²) in [6, 6.07) is 7.45. The van der Waals surface area contributed by atoms with Crippen LogP contribution in [0.4, 0.5) is 4.39 Å². The van der Waals surface area contributed by atoms with Gasteiger partial charge in [0.15, 0.2) is 0 Å². The maximum Gasteiger partial charge on any atom is 0.132 e. The average molecular weight is 166 g/mol. The first-order valence-electron chi connectivity index (χ1n) is 4.45. The Morgan fingerprint density at radius 2 is 2.17 bits per heavy atom. The molecule has 1 aliphatic heterocycles. The number of halogens is 1. The Bertz CT molecular complexity index is 266. The summed E-state index contributed by atoms with van der Waals surface area (Å²) in [5.41, 5.74) is 0.870. The molecule has 1 atom stereocenters. The summed E-state index contributed by atoms with van der Waals surface area (Å²) in [5.74, 6) is -0.0550. The van der Waals surface area contributed by atoms with Crippen molar-refractivity contribution in [2.45, 2.75) is 18.9 Å². The molecule has 0 aromatic heterocycles. The Morgan fingerprint density at radius 3 is 2.83 bits per heavy atom. The van der Waals surface area contributed by atoms with Crippen molar-refractivity contribution in [1.29, 1.82) is 0 Å². The highest BCUT2D eigenvalue weighted by Crippen LogP contribution is 2.19. The van der Waals surface area contributed by atoms with Crippen LogP contribution in [-0.2, 0) is 0 Å². The van der Waals surface area contributed by atoms with E-state index in [1.165, 1.54) is 6.42 Å². The molecule has 1 aromatic carbocycles. The highest BCUT2D eigenvalue weighted by atomic mass is 19.1. The fraction of sp³-hybridized carbons (Fsp3) is 0.400. The van der Waals surface area contributed by atoms with Gasteiger partial charge in [0.05, 0.1) is 6.54 Å². The zero-order chi connectivity index (χ0) is 8.39. The third-order valence-corrected chi connectivity index (χ3v) is 2.48. The minimum absolute atomic E-state index is 0.0550. The summed E-state index contributed by atoms with van der Waals surface area (Å²) < 4.78 is 13.2. The van der Waals surface area contributed by atoms with Crippen molar-refractivity contribution in [1.82, 2.24) is 0 Å². The predicted octanol–water partition coefficient (Wildman–Crippen LogP) is 1.22. The van der Waals surface area contributed by atoms with Crippen molar-refractivity contribution < 1.29 is 9.71 Å². The van der Waals surface area contributed by atoms with Gasteiger partial charge < -0.3 is 5.32 Å². The van der Waals surface area contributed by atoms with Crippen LogP contribution in [0.15, 0.2) is 24.3 Å². The van der Waals surface area contributed by atoms with Gasteiger partial charge in [-0.25, -0.2) is 4.39 Å². The van der Waals surface area contributed by atoms with Crippen LogP contribution in [0.5, 0.6) is 0 Å². The quantitative estimate of drug-likeness (QED) is 0.646. The van der Waals surface area contributed by atoms with Gasteiger partial charge in [0.1, 0.15) is 11.9 Å². The second-order valence-corrected chi connectivity index (χ2v) is 3.29. The van der Waals surface area contributed by atoms with Crippen molar-refractivity contribution in [3.8, 4) is 0 Å². The van der Waals surface area contributed by atoms with Gasteiger partial charge in [-0.2, -0.15) is 0 Å². The number of hydrogen-bond donors (Lipinski definition) is 1. The van der Waals surface area contributed by atoms with Crippen molar-refractivity contribution in [3.05, 3.63) is 35.6 Å². The second kappa shape index (κ2) is 3.23. The van der Waals surface area contributed by atoms with E-state index in [1.807, 2.05) is 12.1 Å². The van der Waals surface area contributed by atoms with Gasteiger partial charge in [0.2, 0.25) is 0 Å². The summed E-state index contributed by atoms with van der Waals surface area (Å²) in [6.45, 7) is 1.14. The molecule has 0 unspecified atom stereocenters. The highest BCUT2D eigenvalue weighted by Gasteiger charge is 2.22. The summed E-state index contributed by atoms with van der Waals surface area (Å²) in [6.07, 6.45) is 2.32. The largest absolute Gasteiger partial charge is 0.340 e. The summed E-state index contributed by atoms with van der Waals surface area (Å²) in [4.78, 5) is 0. The number of benzene rings is 1. The molecule has 0 saturated carbocycles. The lowest BCUT2D eigenvalue weighted by Gasteiger charge is -2.07. The molecule has 0 bridgehead atoms. The number of hydrogen-bond acceptors (Lipinski definition) is 0. The first kappa shape index (κ1) is 7.74. The lowest BCUT2D eigenvalue weighted by Crippen LogP contribution is -2.81. The lowest BCUT2D eigenvalue weighted by molar-refractivity contribution is -0.676. The number of rotatable bonds is 1. The third kappa shape index (κ3) is 1.34. The van der Waals surface area contributed by atoms with Crippen LogP contribution in [0.1, 0.15) is 24.4 Å². The molecule has 1 aromatic rings. The van der Waals surface area contributed by atoms with E-state index in [2.05, 4.69) is 5.32 Å². The molecular weight excluding hydrogens is 153 g/mol.